The van der Waals surface area contributed by atoms with E-state index in [1.165, 1.54) is 77.9 Å². The molecule has 0 fully saturated rings. The quantitative estimate of drug-likeness (QED) is 0.157. The van der Waals surface area contributed by atoms with E-state index in [0.29, 0.717) is 0 Å². The highest BCUT2D eigenvalue weighted by molar-refractivity contribution is 5.96. The van der Waals surface area contributed by atoms with Crippen LogP contribution in [0.3, 0.4) is 0 Å². The Morgan fingerprint density at radius 2 is 0.780 bits per heavy atom. The Labute approximate surface area is 347 Å². The zero-order chi connectivity index (χ0) is 39.6. The predicted molar refractivity (Wildman–Crippen MR) is 247 cm³/mol. The van der Waals surface area contributed by atoms with Crippen molar-refractivity contribution in [2.24, 2.45) is 0 Å². The van der Waals surface area contributed by atoms with Crippen LogP contribution in [0.4, 0.5) is 17.1 Å². The highest BCUT2D eigenvalue weighted by Crippen LogP contribution is 2.58. The topological polar surface area (TPSA) is 3.24 Å². The van der Waals surface area contributed by atoms with Gasteiger partial charge in [0, 0.05) is 22.5 Å². The molecule has 0 amide bonds. The largest absolute Gasteiger partial charge is 0.310 e. The van der Waals surface area contributed by atoms with Crippen LogP contribution in [-0.2, 0) is 10.8 Å². The second kappa shape index (κ2) is 13.7. The zero-order valence-electron chi connectivity index (χ0n) is 33.3. The van der Waals surface area contributed by atoms with Crippen LogP contribution in [0.25, 0.3) is 44.5 Å². The fourth-order valence-corrected chi connectivity index (χ4v) is 10.3. The summed E-state index contributed by atoms with van der Waals surface area (Å²) in [7, 11) is 0. The van der Waals surface area contributed by atoms with Gasteiger partial charge < -0.3 is 4.90 Å². The van der Waals surface area contributed by atoms with Gasteiger partial charge in [0.25, 0.3) is 0 Å². The third-order valence-electron chi connectivity index (χ3n) is 12.9. The minimum absolute atomic E-state index is 0.122. The van der Waals surface area contributed by atoms with E-state index in [-0.39, 0.29) is 5.41 Å². The van der Waals surface area contributed by atoms with Crippen LogP contribution in [0.2, 0.25) is 0 Å². The molecule has 0 bridgehead atoms. The van der Waals surface area contributed by atoms with E-state index in [4.69, 9.17) is 0 Å². The van der Waals surface area contributed by atoms with Crippen LogP contribution in [0.5, 0.6) is 0 Å². The number of rotatable bonds is 7. The van der Waals surface area contributed by atoms with Crippen molar-refractivity contribution in [1.82, 2.24) is 0 Å². The van der Waals surface area contributed by atoms with Gasteiger partial charge in [-0.3, -0.25) is 0 Å². The molecule has 2 aliphatic rings. The summed E-state index contributed by atoms with van der Waals surface area (Å²) in [5, 5.41) is 0. The Morgan fingerprint density at radius 1 is 0.305 bits per heavy atom. The normalized spacial score (nSPS) is 13.9. The van der Waals surface area contributed by atoms with Crippen molar-refractivity contribution in [3.8, 4) is 44.5 Å². The summed E-state index contributed by atoms with van der Waals surface area (Å²) in [6.45, 7) is 4.72. The standard InChI is InChI=1S/C58H43N/c1-57(2)52-32-14-12-29-49(52)50-36-35-47(39-55(50)57)59(45-27-16-21-41(37-45)40-19-6-3-7-20-40)46-28-17-22-42(38-46)48-31-18-34-54-56(48)51-30-13-15-33-53(51)58(54,43-23-8-4-9-24-43)44-25-10-5-11-26-44/h3-39H,1-2H3. The molecule has 1 nitrogen and oxygen atoms in total. The molecule has 59 heavy (non-hydrogen) atoms. The molecule has 0 N–H and O–H groups in total. The van der Waals surface area contributed by atoms with E-state index >= 15 is 0 Å². The molecular weight excluding hydrogens is 711 g/mol. The van der Waals surface area contributed by atoms with Gasteiger partial charge in [0.05, 0.1) is 5.41 Å². The predicted octanol–water partition coefficient (Wildman–Crippen LogP) is 15.2. The third-order valence-corrected chi connectivity index (χ3v) is 12.9. The maximum Gasteiger partial charge on any atom is 0.0713 e. The van der Waals surface area contributed by atoms with Gasteiger partial charge >= 0.3 is 0 Å². The number of hydrogen-bond acceptors (Lipinski definition) is 1. The number of benzene rings is 9. The molecule has 0 saturated carbocycles. The average Bonchev–Trinajstić information content (AvgIpc) is 3.73. The van der Waals surface area contributed by atoms with E-state index in [1.807, 2.05) is 0 Å². The van der Waals surface area contributed by atoms with Crippen molar-refractivity contribution in [3.05, 3.63) is 258 Å². The van der Waals surface area contributed by atoms with Crippen LogP contribution in [0, 0.1) is 0 Å². The first kappa shape index (κ1) is 35.0. The molecule has 0 spiro atoms. The molecule has 0 heterocycles. The lowest BCUT2D eigenvalue weighted by Crippen LogP contribution is -2.28. The summed E-state index contributed by atoms with van der Waals surface area (Å²) in [6, 6.07) is 82.9. The monoisotopic (exact) mass is 753 g/mol. The molecule has 11 rings (SSSR count). The van der Waals surface area contributed by atoms with Crippen molar-refractivity contribution in [1.29, 1.82) is 0 Å². The Bertz CT molecular complexity index is 2970. The van der Waals surface area contributed by atoms with Gasteiger partial charge in [0.1, 0.15) is 0 Å². The molecule has 0 radical (unpaired) electrons. The van der Waals surface area contributed by atoms with Gasteiger partial charge in [-0.05, 0) is 114 Å². The van der Waals surface area contributed by atoms with Gasteiger partial charge in [0.15, 0.2) is 0 Å². The van der Waals surface area contributed by atoms with Crippen LogP contribution in [-0.4, -0.2) is 0 Å². The van der Waals surface area contributed by atoms with E-state index in [9.17, 15) is 0 Å². The van der Waals surface area contributed by atoms with Crippen LogP contribution in [0.15, 0.2) is 224 Å². The Balaban J connectivity index is 1.12. The Hall–Kier alpha value is -7.22. The molecule has 0 atom stereocenters. The molecule has 9 aromatic carbocycles. The Morgan fingerprint density at radius 3 is 1.47 bits per heavy atom. The minimum atomic E-state index is -0.458. The van der Waals surface area contributed by atoms with E-state index in [0.717, 1.165) is 17.1 Å². The lowest BCUT2D eigenvalue weighted by Gasteiger charge is -2.34. The summed E-state index contributed by atoms with van der Waals surface area (Å²) in [4.78, 5) is 2.45. The molecule has 280 valence electrons. The first-order valence-corrected chi connectivity index (χ1v) is 20.7. The summed E-state index contributed by atoms with van der Waals surface area (Å²) in [5.41, 5.74) is 20.7. The first-order chi connectivity index (χ1) is 29.0. The lowest BCUT2D eigenvalue weighted by molar-refractivity contribution is 0.660. The fraction of sp³-hybridized carbons (Fsp3) is 0.0690. The number of fused-ring (bicyclic) bond motifs is 6. The fourth-order valence-electron chi connectivity index (χ4n) is 10.3. The first-order valence-electron chi connectivity index (χ1n) is 20.7. The second-order valence-corrected chi connectivity index (χ2v) is 16.5. The van der Waals surface area contributed by atoms with Gasteiger partial charge in [-0.15, -0.1) is 0 Å². The molecule has 2 aliphatic carbocycles. The molecular formula is C58H43N. The molecule has 0 unspecified atom stereocenters. The van der Waals surface area contributed by atoms with E-state index in [1.54, 1.807) is 0 Å². The van der Waals surface area contributed by atoms with E-state index < -0.39 is 5.41 Å². The van der Waals surface area contributed by atoms with Crippen LogP contribution >= 0.6 is 0 Å². The van der Waals surface area contributed by atoms with Gasteiger partial charge in [0.2, 0.25) is 0 Å². The summed E-state index contributed by atoms with van der Waals surface area (Å²) >= 11 is 0. The third kappa shape index (κ3) is 5.39. The van der Waals surface area contributed by atoms with Crippen molar-refractivity contribution in [2.45, 2.75) is 24.7 Å². The molecule has 0 aromatic heterocycles. The highest BCUT2D eigenvalue weighted by Gasteiger charge is 2.46. The lowest BCUT2D eigenvalue weighted by atomic mass is 9.67. The van der Waals surface area contributed by atoms with Crippen LogP contribution in [0.1, 0.15) is 47.2 Å². The minimum Gasteiger partial charge on any atom is -0.310 e. The van der Waals surface area contributed by atoms with Gasteiger partial charge in [-0.2, -0.15) is 0 Å². The summed E-state index contributed by atoms with van der Waals surface area (Å²) in [6.07, 6.45) is 0. The average molecular weight is 754 g/mol. The van der Waals surface area contributed by atoms with Crippen molar-refractivity contribution in [3.63, 3.8) is 0 Å². The second-order valence-electron chi connectivity index (χ2n) is 16.5. The molecule has 9 aromatic rings. The summed E-state index contributed by atoms with van der Waals surface area (Å²) in [5.74, 6) is 0. The molecule has 0 saturated heterocycles. The van der Waals surface area contributed by atoms with Crippen LogP contribution < -0.4 is 4.90 Å². The number of anilines is 3. The van der Waals surface area contributed by atoms with Crippen molar-refractivity contribution < 1.29 is 0 Å². The summed E-state index contributed by atoms with van der Waals surface area (Å²) < 4.78 is 0. The smallest absolute Gasteiger partial charge is 0.0713 e. The van der Waals surface area contributed by atoms with Gasteiger partial charge in [-0.25, -0.2) is 0 Å². The highest BCUT2D eigenvalue weighted by atomic mass is 15.1. The SMILES string of the molecule is CC1(C)c2ccccc2-c2ccc(N(c3cccc(-c4ccccc4)c3)c3cccc(-c4cccc5c4-c4ccccc4C5(c4ccccc4)c4ccccc4)c3)cc21. The maximum atomic E-state index is 2.45. The van der Waals surface area contributed by atoms with E-state index in [2.05, 4.69) is 243 Å². The number of nitrogens with zero attached hydrogens (tertiary/aromatic N) is 1. The Kier molecular flexibility index (Phi) is 8.13. The maximum absolute atomic E-state index is 2.45. The molecule has 0 aliphatic heterocycles. The van der Waals surface area contributed by atoms with Crippen molar-refractivity contribution in [2.75, 3.05) is 4.90 Å². The van der Waals surface area contributed by atoms with Gasteiger partial charge in [-0.1, -0.05) is 202 Å². The molecule has 1 heteroatoms. The number of hydrogen-bond donors (Lipinski definition) is 0. The zero-order valence-corrected chi connectivity index (χ0v) is 33.3. The van der Waals surface area contributed by atoms with Crippen molar-refractivity contribution >= 4 is 17.1 Å².